The Labute approximate surface area is 876 Å². The van der Waals surface area contributed by atoms with Gasteiger partial charge in [-0.1, -0.05) is 84.6 Å². The predicted octanol–water partition coefficient (Wildman–Crippen LogP) is 25.8. The van der Waals surface area contributed by atoms with Crippen molar-refractivity contribution in [3.63, 3.8) is 0 Å². The third-order valence-electron chi connectivity index (χ3n) is 26.7. The van der Waals surface area contributed by atoms with E-state index in [1.165, 1.54) is 32.5 Å². The minimum Gasteiger partial charge on any atom is -0.481 e. The molecule has 0 bridgehead atoms. The lowest BCUT2D eigenvalue weighted by molar-refractivity contribution is -0.156. The molecule has 2 N–H and O–H groups in total. The van der Waals surface area contributed by atoms with Crippen molar-refractivity contribution in [3.05, 3.63) is 150 Å². The Bertz CT molecular complexity index is 5460. The quantitative estimate of drug-likeness (QED) is 0.0155. The Balaban J connectivity index is 0.000000222. The van der Waals surface area contributed by atoms with Gasteiger partial charge in [-0.3, -0.25) is 39.1 Å². The van der Waals surface area contributed by atoms with Crippen molar-refractivity contribution in [1.82, 2.24) is 58.1 Å². The van der Waals surface area contributed by atoms with E-state index in [0.29, 0.717) is 61.7 Å². The van der Waals surface area contributed by atoms with Crippen LogP contribution in [0.3, 0.4) is 0 Å². The second-order valence-electron chi connectivity index (χ2n) is 46.8. The lowest BCUT2D eigenvalue weighted by atomic mass is 9.84. The van der Waals surface area contributed by atoms with Gasteiger partial charge in [0.15, 0.2) is 22.8 Å². The molecule has 1 atom stereocenters. The maximum atomic E-state index is 13.4. The molecule has 4 aliphatic rings. The third-order valence-corrected chi connectivity index (χ3v) is 33.5. The second-order valence-corrected chi connectivity index (χ2v) is 69.3. The van der Waals surface area contributed by atoms with Gasteiger partial charge in [0.05, 0.1) is 92.4 Å². The van der Waals surface area contributed by atoms with Crippen LogP contribution in [0.5, 0.6) is 0 Å². The summed E-state index contributed by atoms with van der Waals surface area (Å²) >= 11 is 0. The fourth-order valence-electron chi connectivity index (χ4n) is 16.6. The minimum atomic E-state index is -4.55. The molecule has 4 aliphatic carbocycles. The summed E-state index contributed by atoms with van der Waals surface area (Å²) in [6, 6.07) is 18.1. The number of hydrogen-bond acceptors (Lipinski definition) is 22. The maximum absolute atomic E-state index is 13.4. The Morgan fingerprint density at radius 3 is 0.793 bits per heavy atom. The Kier molecular flexibility index (Phi) is 44.1. The summed E-state index contributed by atoms with van der Waals surface area (Å²) in [6.07, 6.45) is 6.53. The number of methoxy groups -OCH3 is 2. The summed E-state index contributed by atoms with van der Waals surface area (Å²) < 4.78 is 222. The highest BCUT2D eigenvalue weighted by atomic mass is 28.3. The zero-order valence-electron chi connectivity index (χ0n) is 90.8. The first-order valence-electron chi connectivity index (χ1n) is 51.2. The van der Waals surface area contributed by atoms with Gasteiger partial charge in [-0.2, -0.15) is 52.7 Å². The Morgan fingerprint density at radius 1 is 0.340 bits per heavy atom. The Morgan fingerprint density at radius 2 is 0.587 bits per heavy atom. The molecule has 3 saturated carbocycles. The summed E-state index contributed by atoms with van der Waals surface area (Å²) in [5.41, 5.74) is -0.577. The van der Waals surface area contributed by atoms with Crippen LogP contribution in [0.4, 0.5) is 52.7 Å². The molecule has 0 spiro atoms. The van der Waals surface area contributed by atoms with E-state index in [1.54, 1.807) is 111 Å². The standard InChI is InChI=1S/C27H40F3N3O4Si.C27H38F3N3O4Si.2C26H38F3N3O4Si/c2*1-26(2,25(34)35-3)17-37-21-10-7-19(8-11-21)22-12-9-20(15-31-22)24-32-23(27(28,29)30)16-33(24)18-36-13-14-38(4,5)6;2*1-25(2,24(33)34)16-36-20-9-6-18(7-10-20)21-11-8-19(14-30-21)23-31-22(26(27,28)29)15-32(23)17-35-12-13-37(3,4)5/h9,12,15-16,19,21H,7-8,10-11,13-14,17-18H2,1-6H3;7,9,12,15-16,21H,8,10-11,13-14,17-18H2,1-6H3;2*8,11,14-15,18,20H,6-7,9-10,12-13,16-17H2,1-5H3,(H,33,34). The molecule has 0 aliphatic heterocycles. The molecule has 3 fully saturated rings. The number of aliphatic carboxylic acids is 2. The maximum Gasteiger partial charge on any atom is 0.434 e. The predicted molar refractivity (Wildman–Crippen MR) is 557 cm³/mol. The molecule has 0 saturated heterocycles. The summed E-state index contributed by atoms with van der Waals surface area (Å²) in [5.74, 6) is -0.973. The van der Waals surface area contributed by atoms with Gasteiger partial charge in [0, 0.05) is 165 Å². The van der Waals surface area contributed by atoms with Crippen molar-refractivity contribution >= 4 is 61.7 Å². The normalized spacial score (nSPS) is 18.6. The topological polar surface area (TPSA) is 324 Å². The number of imidazole rings is 4. The van der Waals surface area contributed by atoms with Gasteiger partial charge in [-0.15, -0.1) is 0 Å². The van der Waals surface area contributed by atoms with Gasteiger partial charge >= 0.3 is 48.6 Å². The van der Waals surface area contributed by atoms with Crippen LogP contribution in [0.1, 0.15) is 215 Å². The van der Waals surface area contributed by atoms with Crippen LogP contribution in [0.25, 0.3) is 51.1 Å². The SMILES string of the molecule is CC(C)(COC1CCC(c2ccc(-c3nc(C(F)(F)F)cn3COCC[Si](C)(C)C)cn2)CC1)C(=O)O.CC(C)(COC1CCC(c2ccc(-c3nc(C(F)(F)F)cn3COCC[Si](C)(C)C)cn2)CC1)C(=O)O.COC(=O)C(C)(C)COC1CC=C(c2ccc(-c3nc(C(F)(F)F)cn3COCC[Si](C)(C)C)cn2)CC1.COC(=O)C(C)(C)COC1CCC(c2ccc(-c3nc(C(F)(F)F)cn3COCC[Si](C)(C)C)cn2)CC1. The molecule has 0 aromatic carbocycles. The number of carboxylic acid groups (broad SMARTS) is 2. The number of carboxylic acids is 2. The average molecular weight is 2190 g/mol. The highest BCUT2D eigenvalue weighted by Crippen LogP contribution is 2.43. The van der Waals surface area contributed by atoms with Gasteiger partial charge in [-0.25, -0.2) is 19.9 Å². The smallest absolute Gasteiger partial charge is 0.434 e. The number of allylic oxidation sites excluding steroid dienone is 1. The lowest BCUT2D eigenvalue weighted by Gasteiger charge is -2.31. The van der Waals surface area contributed by atoms with Crippen LogP contribution in [-0.4, -0.2) is 216 Å². The van der Waals surface area contributed by atoms with Crippen molar-refractivity contribution in [1.29, 1.82) is 0 Å². The molecule has 8 aromatic heterocycles. The van der Waals surface area contributed by atoms with Gasteiger partial charge in [0.25, 0.3) is 0 Å². The second kappa shape index (κ2) is 53.3. The molecular weight excluding hydrogens is 2040 g/mol. The summed E-state index contributed by atoms with van der Waals surface area (Å²) in [7, 11) is -2.52. The third kappa shape index (κ3) is 39.3. The molecule has 0 radical (unpaired) electrons. The van der Waals surface area contributed by atoms with Crippen LogP contribution in [-0.2, 0) is 118 Å². The molecule has 1 unspecified atom stereocenters. The molecule has 0 amide bonds. The van der Waals surface area contributed by atoms with E-state index in [-0.39, 0.29) is 124 Å². The molecule has 8 heterocycles. The first-order valence-corrected chi connectivity index (χ1v) is 66.1. The molecule has 834 valence electrons. The highest BCUT2D eigenvalue weighted by Gasteiger charge is 2.43. The summed E-state index contributed by atoms with van der Waals surface area (Å²) in [4.78, 5) is 80.0. The zero-order chi connectivity index (χ0) is 111. The van der Waals surface area contributed by atoms with E-state index in [1.807, 2.05) is 18.2 Å². The first-order chi connectivity index (χ1) is 69.7. The number of aromatic nitrogens is 12. The van der Waals surface area contributed by atoms with Crippen molar-refractivity contribution in [3.8, 4) is 45.6 Å². The lowest BCUT2D eigenvalue weighted by Crippen LogP contribution is -2.33. The van der Waals surface area contributed by atoms with E-state index in [9.17, 15) is 82.1 Å². The summed E-state index contributed by atoms with van der Waals surface area (Å²) in [5, 5.41) is 18.5. The van der Waals surface area contributed by atoms with Crippen LogP contribution < -0.4 is 0 Å². The Hall–Kier alpha value is -9.23. The number of nitrogens with zero attached hydrogens (tertiary/aromatic N) is 12. The van der Waals surface area contributed by atoms with E-state index < -0.39 is 113 Å². The highest BCUT2D eigenvalue weighted by molar-refractivity contribution is 6.77. The molecule has 12 rings (SSSR count). The van der Waals surface area contributed by atoms with Crippen molar-refractivity contribution < 1.29 is 129 Å². The fraction of sp³-hybridized carbons (Fsp3) is 0.642. The van der Waals surface area contributed by atoms with E-state index >= 15 is 0 Å². The van der Waals surface area contributed by atoms with E-state index in [4.69, 9.17) is 47.4 Å². The molecule has 8 aromatic rings. The van der Waals surface area contributed by atoms with Gasteiger partial charge in [-0.05, 0) is 230 Å². The molecule has 150 heavy (non-hydrogen) atoms. The monoisotopic (exact) mass is 2190 g/mol. The minimum absolute atomic E-state index is 0.00143. The van der Waals surface area contributed by atoms with Gasteiger partial charge < -0.3 is 75.9 Å². The fourth-order valence-corrected chi connectivity index (χ4v) is 19.6. The van der Waals surface area contributed by atoms with Crippen LogP contribution in [0.15, 0.2) is 104 Å². The van der Waals surface area contributed by atoms with Crippen LogP contribution >= 0.6 is 0 Å². The number of halogens is 12. The number of rotatable bonds is 44. The number of hydrogen-bond donors (Lipinski definition) is 2. The molecule has 44 heteroatoms. The first kappa shape index (κ1) is 124. The number of carbonyl (C=O) groups excluding carboxylic acids is 2. The van der Waals surface area contributed by atoms with Crippen LogP contribution in [0.2, 0.25) is 103 Å². The zero-order valence-corrected chi connectivity index (χ0v) is 94.8. The molecule has 28 nitrogen and oxygen atoms in total. The number of pyridine rings is 4. The van der Waals surface area contributed by atoms with E-state index in [2.05, 4.69) is 125 Å². The van der Waals surface area contributed by atoms with E-state index in [0.717, 1.165) is 167 Å². The van der Waals surface area contributed by atoms with Crippen molar-refractivity contribution in [2.24, 2.45) is 21.7 Å². The number of ether oxygens (including phenoxy) is 10. The van der Waals surface area contributed by atoms with Crippen LogP contribution in [0, 0.1) is 21.7 Å². The largest absolute Gasteiger partial charge is 0.481 e. The van der Waals surface area contributed by atoms with Gasteiger partial charge in [0.2, 0.25) is 0 Å². The van der Waals surface area contributed by atoms with Gasteiger partial charge in [0.1, 0.15) is 50.2 Å². The average Bonchev–Trinajstić information content (AvgIpc) is 1.66. The van der Waals surface area contributed by atoms with Crippen molar-refractivity contribution in [2.75, 3.05) is 67.1 Å². The number of alkyl halides is 12. The van der Waals surface area contributed by atoms with Crippen molar-refractivity contribution in [2.45, 2.75) is 348 Å². The summed E-state index contributed by atoms with van der Waals surface area (Å²) in [6.45, 7) is 43.2. The number of carbonyl (C=O) groups is 4. The molecular formula is C106H154F12N12O16Si4. The number of esters is 2.